The van der Waals surface area contributed by atoms with Crippen molar-refractivity contribution >= 4 is 0 Å². The average Bonchev–Trinajstić information content (AvgIpc) is 2.28. The highest BCUT2D eigenvalue weighted by atomic mass is 16.5. The average molecular weight is 240 g/mol. The highest BCUT2D eigenvalue weighted by Gasteiger charge is 1.99. The van der Waals surface area contributed by atoms with Crippen LogP contribution in [0.1, 0.15) is 79.1 Å². The second-order valence-electron chi connectivity index (χ2n) is 5.16. The summed E-state index contributed by atoms with van der Waals surface area (Å²) in [4.78, 5) is 0. The van der Waals surface area contributed by atoms with Gasteiger partial charge in [-0.3, -0.25) is 0 Å². The summed E-state index contributed by atoms with van der Waals surface area (Å²) in [7, 11) is 0. The van der Waals surface area contributed by atoms with E-state index in [4.69, 9.17) is 4.74 Å². The highest BCUT2D eigenvalue weighted by molar-refractivity contribution is 5.02. The van der Waals surface area contributed by atoms with E-state index in [0.717, 1.165) is 6.61 Å². The Morgan fingerprint density at radius 3 is 1.88 bits per heavy atom. The van der Waals surface area contributed by atoms with E-state index < -0.39 is 0 Å². The molecule has 0 aromatic rings. The fourth-order valence-electron chi connectivity index (χ4n) is 1.89. The second kappa shape index (κ2) is 12.2. The molecule has 0 saturated carbocycles. The zero-order chi connectivity index (χ0) is 12.9. The predicted octanol–water partition coefficient (Wildman–Crippen LogP) is 5.50. The number of hydrogen-bond acceptors (Lipinski definition) is 1. The first kappa shape index (κ1) is 16.7. The van der Waals surface area contributed by atoms with Crippen LogP contribution < -0.4 is 0 Å². The van der Waals surface area contributed by atoms with Crippen molar-refractivity contribution in [2.45, 2.75) is 85.2 Å². The van der Waals surface area contributed by atoms with Gasteiger partial charge in [0.15, 0.2) is 0 Å². The molecule has 0 aliphatic carbocycles. The number of rotatable bonds is 11. The maximum Gasteiger partial charge on any atom is 0.0653 e. The van der Waals surface area contributed by atoms with Gasteiger partial charge in [-0.05, 0) is 39.5 Å². The molecule has 0 aliphatic rings. The molecule has 0 bridgehead atoms. The normalized spacial score (nSPS) is 10.9. The fraction of sp³-hybridized carbons (Fsp3) is 0.875. The topological polar surface area (TPSA) is 9.23 Å². The van der Waals surface area contributed by atoms with Crippen molar-refractivity contribution in [3.63, 3.8) is 0 Å². The molecule has 0 aromatic carbocycles. The SMILES string of the molecule is CCCCCC(=CCOC(C)C)CCCCC. The molecular weight excluding hydrogens is 208 g/mol. The molecule has 0 fully saturated rings. The molecule has 1 heteroatoms. The summed E-state index contributed by atoms with van der Waals surface area (Å²) in [5, 5.41) is 0. The number of allylic oxidation sites excluding steroid dienone is 1. The van der Waals surface area contributed by atoms with E-state index in [0.29, 0.717) is 6.10 Å². The summed E-state index contributed by atoms with van der Waals surface area (Å²) in [6.45, 7) is 9.53. The quantitative estimate of drug-likeness (QED) is 0.342. The Labute approximate surface area is 109 Å². The van der Waals surface area contributed by atoms with E-state index in [2.05, 4.69) is 33.8 Å². The van der Waals surface area contributed by atoms with Crippen LogP contribution in [0.2, 0.25) is 0 Å². The molecule has 17 heavy (non-hydrogen) atoms. The van der Waals surface area contributed by atoms with Gasteiger partial charge in [-0.1, -0.05) is 51.2 Å². The first-order valence-electron chi connectivity index (χ1n) is 7.50. The van der Waals surface area contributed by atoms with Crippen molar-refractivity contribution in [3.05, 3.63) is 11.6 Å². The molecule has 0 heterocycles. The lowest BCUT2D eigenvalue weighted by Crippen LogP contribution is -2.02. The van der Waals surface area contributed by atoms with Crippen LogP contribution in [0.15, 0.2) is 11.6 Å². The van der Waals surface area contributed by atoms with E-state index in [-0.39, 0.29) is 0 Å². The first-order valence-corrected chi connectivity index (χ1v) is 7.50. The van der Waals surface area contributed by atoms with Crippen LogP contribution in [0.25, 0.3) is 0 Å². The predicted molar refractivity (Wildman–Crippen MR) is 77.5 cm³/mol. The van der Waals surface area contributed by atoms with Crippen molar-refractivity contribution in [3.8, 4) is 0 Å². The Morgan fingerprint density at radius 2 is 1.47 bits per heavy atom. The van der Waals surface area contributed by atoms with E-state index in [1.54, 1.807) is 5.57 Å². The van der Waals surface area contributed by atoms with Gasteiger partial charge in [0.1, 0.15) is 0 Å². The van der Waals surface area contributed by atoms with Crippen molar-refractivity contribution in [2.75, 3.05) is 6.61 Å². The monoisotopic (exact) mass is 240 g/mol. The Balaban J connectivity index is 3.90. The van der Waals surface area contributed by atoms with E-state index in [9.17, 15) is 0 Å². The summed E-state index contributed by atoms with van der Waals surface area (Å²) in [5.74, 6) is 0. The third-order valence-electron chi connectivity index (χ3n) is 3.00. The van der Waals surface area contributed by atoms with Crippen molar-refractivity contribution < 1.29 is 4.74 Å². The molecular formula is C16H32O. The van der Waals surface area contributed by atoms with Gasteiger partial charge < -0.3 is 4.74 Å². The molecule has 1 nitrogen and oxygen atoms in total. The summed E-state index contributed by atoms with van der Waals surface area (Å²) >= 11 is 0. The Kier molecular flexibility index (Phi) is 12.0. The molecule has 102 valence electrons. The van der Waals surface area contributed by atoms with Crippen molar-refractivity contribution in [2.24, 2.45) is 0 Å². The Bertz CT molecular complexity index is 170. The molecule has 0 rings (SSSR count). The molecule has 0 atom stereocenters. The summed E-state index contributed by atoms with van der Waals surface area (Å²) in [6.07, 6.45) is 13.2. The maximum absolute atomic E-state index is 5.61. The minimum absolute atomic E-state index is 0.346. The van der Waals surface area contributed by atoms with Gasteiger partial charge >= 0.3 is 0 Å². The molecule has 0 aliphatic heterocycles. The first-order chi connectivity index (χ1) is 8.20. The van der Waals surface area contributed by atoms with Crippen LogP contribution in [-0.4, -0.2) is 12.7 Å². The minimum atomic E-state index is 0.346. The Hall–Kier alpha value is -0.300. The third-order valence-corrected chi connectivity index (χ3v) is 3.00. The van der Waals surface area contributed by atoms with Crippen molar-refractivity contribution in [1.82, 2.24) is 0 Å². The summed E-state index contributed by atoms with van der Waals surface area (Å²) in [6, 6.07) is 0. The lowest BCUT2D eigenvalue weighted by atomic mass is 10.0. The molecule has 0 amide bonds. The smallest absolute Gasteiger partial charge is 0.0653 e. The molecule has 0 aromatic heterocycles. The van der Waals surface area contributed by atoms with Gasteiger partial charge in [0, 0.05) is 0 Å². The van der Waals surface area contributed by atoms with E-state index in [1.165, 1.54) is 51.4 Å². The fourth-order valence-corrected chi connectivity index (χ4v) is 1.89. The third kappa shape index (κ3) is 12.0. The summed E-state index contributed by atoms with van der Waals surface area (Å²) < 4.78 is 5.61. The van der Waals surface area contributed by atoms with Gasteiger partial charge in [-0.25, -0.2) is 0 Å². The molecule has 0 radical (unpaired) electrons. The maximum atomic E-state index is 5.61. The van der Waals surface area contributed by atoms with Gasteiger partial charge in [0.2, 0.25) is 0 Å². The van der Waals surface area contributed by atoms with Crippen LogP contribution in [-0.2, 0) is 4.74 Å². The van der Waals surface area contributed by atoms with Gasteiger partial charge in [0.25, 0.3) is 0 Å². The Morgan fingerprint density at radius 1 is 0.941 bits per heavy atom. The van der Waals surface area contributed by atoms with Crippen LogP contribution in [0, 0.1) is 0 Å². The van der Waals surface area contributed by atoms with Crippen LogP contribution in [0.5, 0.6) is 0 Å². The molecule has 0 N–H and O–H groups in total. The lowest BCUT2D eigenvalue weighted by Gasteiger charge is -2.09. The van der Waals surface area contributed by atoms with Crippen molar-refractivity contribution in [1.29, 1.82) is 0 Å². The molecule has 0 saturated heterocycles. The highest BCUT2D eigenvalue weighted by Crippen LogP contribution is 2.16. The van der Waals surface area contributed by atoms with Gasteiger partial charge in [-0.15, -0.1) is 0 Å². The van der Waals surface area contributed by atoms with Crippen LogP contribution in [0.4, 0.5) is 0 Å². The van der Waals surface area contributed by atoms with Gasteiger partial charge in [0.05, 0.1) is 12.7 Å². The second-order valence-corrected chi connectivity index (χ2v) is 5.16. The number of unbranched alkanes of at least 4 members (excludes halogenated alkanes) is 4. The molecule has 0 unspecified atom stereocenters. The van der Waals surface area contributed by atoms with Crippen LogP contribution in [0.3, 0.4) is 0 Å². The van der Waals surface area contributed by atoms with Crippen LogP contribution >= 0.6 is 0 Å². The lowest BCUT2D eigenvalue weighted by molar-refractivity contribution is 0.102. The molecule has 0 spiro atoms. The zero-order valence-electron chi connectivity index (χ0n) is 12.4. The minimum Gasteiger partial charge on any atom is -0.375 e. The van der Waals surface area contributed by atoms with E-state index in [1.807, 2.05) is 0 Å². The number of ether oxygens (including phenoxy) is 1. The zero-order valence-corrected chi connectivity index (χ0v) is 12.4. The number of hydrogen-bond donors (Lipinski definition) is 0. The van der Waals surface area contributed by atoms with E-state index >= 15 is 0 Å². The standard InChI is InChI=1S/C16H32O/c1-5-7-9-11-16(12-10-8-6-2)13-14-17-15(3)4/h13,15H,5-12,14H2,1-4H3. The largest absolute Gasteiger partial charge is 0.375 e. The summed E-state index contributed by atoms with van der Waals surface area (Å²) in [5.41, 5.74) is 1.62. The van der Waals surface area contributed by atoms with Gasteiger partial charge in [-0.2, -0.15) is 0 Å².